The van der Waals surface area contributed by atoms with E-state index in [-0.39, 0.29) is 0 Å². The fourth-order valence-corrected chi connectivity index (χ4v) is 7.84. The summed E-state index contributed by atoms with van der Waals surface area (Å²) in [5.74, 6) is 3.87. The molecule has 2 N–H and O–H groups in total. The third-order valence-electron chi connectivity index (χ3n) is 9.37. The van der Waals surface area contributed by atoms with Gasteiger partial charge in [0.25, 0.3) is 0 Å². The van der Waals surface area contributed by atoms with Crippen LogP contribution >= 0.6 is 0 Å². The van der Waals surface area contributed by atoms with Crippen LogP contribution in [-0.4, -0.2) is 22.4 Å². The second-order valence-corrected chi connectivity index (χ2v) is 10.4. The Balaban J connectivity index is 1.60. The summed E-state index contributed by atoms with van der Waals surface area (Å²) >= 11 is 0. The van der Waals surface area contributed by atoms with E-state index in [1.807, 2.05) is 0 Å². The molecule has 0 heterocycles. The molecule has 0 aliphatic heterocycles. The second-order valence-electron chi connectivity index (χ2n) is 10.4. The van der Waals surface area contributed by atoms with Gasteiger partial charge in [-0.05, 0) is 105 Å². The molecule has 2 nitrogen and oxygen atoms in total. The molecule has 0 radical (unpaired) electrons. The first-order valence-corrected chi connectivity index (χ1v) is 10.1. The highest BCUT2D eigenvalue weighted by molar-refractivity contribution is 5.10. The van der Waals surface area contributed by atoms with Gasteiger partial charge in [0.1, 0.15) is 0 Å². The Morgan fingerprint density at radius 3 is 2.30 bits per heavy atom. The van der Waals surface area contributed by atoms with Crippen LogP contribution in [0.2, 0.25) is 0 Å². The van der Waals surface area contributed by atoms with Crippen molar-refractivity contribution in [3.63, 3.8) is 0 Å². The van der Waals surface area contributed by atoms with Crippen LogP contribution in [0, 0.1) is 40.4 Å². The average Bonchev–Trinajstić information content (AvgIpc) is 2.84. The minimum atomic E-state index is -0.421. The van der Waals surface area contributed by atoms with Gasteiger partial charge in [0, 0.05) is 6.61 Å². The molecule has 4 aliphatic carbocycles. The Bertz CT molecular complexity index is 472. The summed E-state index contributed by atoms with van der Waals surface area (Å²) in [6.45, 7) is 7.50. The predicted octanol–water partition coefficient (Wildman–Crippen LogP) is 4.39. The molecule has 4 rings (SSSR count). The summed E-state index contributed by atoms with van der Waals surface area (Å²) in [7, 11) is 0. The van der Waals surface area contributed by atoms with Gasteiger partial charge < -0.3 is 10.2 Å². The highest BCUT2D eigenvalue weighted by Crippen LogP contribution is 2.67. The molecule has 23 heavy (non-hydrogen) atoms. The first kappa shape index (κ1) is 16.4. The van der Waals surface area contributed by atoms with Gasteiger partial charge >= 0.3 is 0 Å². The maximum atomic E-state index is 10.6. The van der Waals surface area contributed by atoms with E-state index in [0.717, 1.165) is 36.5 Å². The Hall–Kier alpha value is -0.0800. The largest absolute Gasteiger partial charge is 0.396 e. The minimum absolute atomic E-state index is 0.396. The molecule has 0 spiro atoms. The summed E-state index contributed by atoms with van der Waals surface area (Å²) in [5.41, 5.74) is 0.443. The highest BCUT2D eigenvalue weighted by atomic mass is 16.3. The summed E-state index contributed by atoms with van der Waals surface area (Å²) < 4.78 is 0. The molecule has 8 unspecified atom stereocenters. The van der Waals surface area contributed by atoms with E-state index in [0.29, 0.717) is 23.4 Å². The van der Waals surface area contributed by atoms with E-state index in [1.54, 1.807) is 0 Å². The molecule has 4 aliphatic rings. The maximum Gasteiger partial charge on any atom is 0.0622 e. The molecule has 0 bridgehead atoms. The third kappa shape index (κ3) is 2.27. The molecular weight excluding hydrogens is 284 g/mol. The number of fused-ring (bicyclic) bond motifs is 5. The lowest BCUT2D eigenvalue weighted by molar-refractivity contribution is -0.147. The Kier molecular flexibility index (Phi) is 3.71. The van der Waals surface area contributed by atoms with Crippen LogP contribution in [0.1, 0.15) is 78.6 Å². The van der Waals surface area contributed by atoms with E-state index < -0.39 is 5.60 Å². The first-order chi connectivity index (χ1) is 10.8. The highest BCUT2D eigenvalue weighted by Gasteiger charge is 2.60. The van der Waals surface area contributed by atoms with Gasteiger partial charge in [0.2, 0.25) is 0 Å². The molecule has 0 aromatic heterocycles. The zero-order valence-corrected chi connectivity index (χ0v) is 15.4. The molecular formula is C21H36O2. The molecule has 132 valence electrons. The minimum Gasteiger partial charge on any atom is -0.396 e. The van der Waals surface area contributed by atoms with Crippen LogP contribution in [-0.2, 0) is 0 Å². The fourth-order valence-electron chi connectivity index (χ4n) is 7.84. The van der Waals surface area contributed by atoms with Gasteiger partial charge in [-0.2, -0.15) is 0 Å². The predicted molar refractivity (Wildman–Crippen MR) is 92.9 cm³/mol. The fraction of sp³-hybridized carbons (Fsp3) is 1.00. The molecule has 4 fully saturated rings. The normalized spacial score (nSPS) is 59.1. The number of hydrogen-bond donors (Lipinski definition) is 2. The van der Waals surface area contributed by atoms with Gasteiger partial charge in [-0.1, -0.05) is 13.8 Å². The molecule has 0 amide bonds. The second kappa shape index (κ2) is 5.21. The zero-order valence-electron chi connectivity index (χ0n) is 15.4. The maximum absolute atomic E-state index is 10.6. The number of aliphatic hydroxyl groups excluding tert-OH is 1. The van der Waals surface area contributed by atoms with Crippen LogP contribution in [0.3, 0.4) is 0 Å². The van der Waals surface area contributed by atoms with Gasteiger partial charge in [-0.3, -0.25) is 0 Å². The summed E-state index contributed by atoms with van der Waals surface area (Å²) in [5, 5.41) is 20.4. The van der Waals surface area contributed by atoms with Crippen molar-refractivity contribution in [2.24, 2.45) is 40.4 Å². The molecule has 0 aromatic carbocycles. The topological polar surface area (TPSA) is 40.5 Å². The van der Waals surface area contributed by atoms with E-state index >= 15 is 0 Å². The van der Waals surface area contributed by atoms with E-state index in [4.69, 9.17) is 0 Å². The van der Waals surface area contributed by atoms with Crippen LogP contribution in [0.15, 0.2) is 0 Å². The lowest BCUT2D eigenvalue weighted by Crippen LogP contribution is -2.55. The van der Waals surface area contributed by atoms with Crippen LogP contribution in [0.4, 0.5) is 0 Å². The van der Waals surface area contributed by atoms with Crippen molar-refractivity contribution >= 4 is 0 Å². The van der Waals surface area contributed by atoms with Crippen molar-refractivity contribution < 1.29 is 10.2 Å². The van der Waals surface area contributed by atoms with Crippen molar-refractivity contribution in [3.8, 4) is 0 Å². The number of hydrogen-bond acceptors (Lipinski definition) is 2. The van der Waals surface area contributed by atoms with Gasteiger partial charge in [-0.15, -0.1) is 0 Å². The van der Waals surface area contributed by atoms with E-state index in [1.165, 1.54) is 44.9 Å². The van der Waals surface area contributed by atoms with Gasteiger partial charge in [0.05, 0.1) is 5.60 Å². The zero-order chi connectivity index (χ0) is 16.5. The lowest BCUT2D eigenvalue weighted by atomic mass is 9.44. The van der Waals surface area contributed by atoms with Crippen molar-refractivity contribution in [2.45, 2.75) is 84.2 Å². The summed E-state index contributed by atoms with van der Waals surface area (Å²) in [6.07, 6.45) is 11.2. The van der Waals surface area contributed by atoms with Gasteiger partial charge in [-0.25, -0.2) is 0 Å². The van der Waals surface area contributed by atoms with Crippen molar-refractivity contribution in [1.82, 2.24) is 0 Å². The summed E-state index contributed by atoms with van der Waals surface area (Å²) in [4.78, 5) is 0. The van der Waals surface area contributed by atoms with Crippen LogP contribution in [0.25, 0.3) is 0 Å². The first-order valence-electron chi connectivity index (χ1n) is 10.1. The van der Waals surface area contributed by atoms with Crippen molar-refractivity contribution in [1.29, 1.82) is 0 Å². The average molecular weight is 321 g/mol. The van der Waals surface area contributed by atoms with Gasteiger partial charge in [0.15, 0.2) is 0 Å². The monoisotopic (exact) mass is 320 g/mol. The van der Waals surface area contributed by atoms with E-state index in [2.05, 4.69) is 20.8 Å². The Morgan fingerprint density at radius 2 is 1.57 bits per heavy atom. The van der Waals surface area contributed by atoms with Crippen LogP contribution in [0.5, 0.6) is 0 Å². The molecule has 8 atom stereocenters. The quantitative estimate of drug-likeness (QED) is 0.752. The molecule has 0 saturated heterocycles. The number of aliphatic hydroxyl groups is 2. The Labute approximate surface area is 142 Å². The third-order valence-corrected chi connectivity index (χ3v) is 9.37. The van der Waals surface area contributed by atoms with Crippen molar-refractivity contribution in [3.05, 3.63) is 0 Å². The SMILES string of the molecule is CC1(O)CCC2(C)C(CCC3C4CCC(CO)C4(C)CCC32)C1. The molecule has 2 heteroatoms. The molecule has 0 aromatic rings. The van der Waals surface area contributed by atoms with E-state index in [9.17, 15) is 10.2 Å². The van der Waals surface area contributed by atoms with Crippen molar-refractivity contribution in [2.75, 3.05) is 6.61 Å². The standard InChI is InChI=1S/C21H36O2/c1-19(23)10-11-21(3)14(12-19)4-6-16-17-7-5-15(13-22)20(17,2)9-8-18(16)21/h14-18,22-23H,4-13H2,1-3H3. The van der Waals surface area contributed by atoms with Crippen LogP contribution < -0.4 is 0 Å². The smallest absolute Gasteiger partial charge is 0.0622 e. The molecule has 4 saturated carbocycles. The summed E-state index contributed by atoms with van der Waals surface area (Å²) in [6, 6.07) is 0. The Morgan fingerprint density at radius 1 is 0.826 bits per heavy atom. The lowest BCUT2D eigenvalue weighted by Gasteiger charge is -2.61. The number of rotatable bonds is 1.